The topological polar surface area (TPSA) is 65.4 Å². The van der Waals surface area contributed by atoms with E-state index in [-0.39, 0.29) is 17.7 Å². The Balaban J connectivity index is 1.64. The van der Waals surface area contributed by atoms with Crippen molar-refractivity contribution in [1.29, 1.82) is 5.26 Å². The maximum absolute atomic E-state index is 12.4. The van der Waals surface area contributed by atoms with Crippen LogP contribution in [-0.4, -0.2) is 43.7 Å². The van der Waals surface area contributed by atoms with Crippen molar-refractivity contribution in [2.75, 3.05) is 26.8 Å². The third kappa shape index (κ3) is 4.10. The number of carbonyl (C=O) groups is 1. The van der Waals surface area contributed by atoms with Crippen LogP contribution in [-0.2, 0) is 16.1 Å². The highest BCUT2D eigenvalue weighted by Crippen LogP contribution is 2.27. The Labute approximate surface area is 137 Å². The zero-order valence-corrected chi connectivity index (χ0v) is 13.5. The van der Waals surface area contributed by atoms with Crippen molar-refractivity contribution < 1.29 is 9.53 Å². The minimum Gasteiger partial charge on any atom is -0.384 e. The van der Waals surface area contributed by atoms with Crippen LogP contribution in [0.25, 0.3) is 0 Å². The number of rotatable bonds is 6. The van der Waals surface area contributed by atoms with E-state index in [0.29, 0.717) is 18.2 Å². The summed E-state index contributed by atoms with van der Waals surface area (Å²) in [5.74, 6) is 0.399. The Bertz CT molecular complexity index is 607. The Morgan fingerprint density at radius 3 is 2.96 bits per heavy atom. The molecule has 1 saturated carbocycles. The van der Waals surface area contributed by atoms with E-state index in [0.717, 1.165) is 38.0 Å². The smallest absolute Gasteiger partial charge is 0.225 e. The fraction of sp³-hybridized carbons (Fsp3) is 0.556. The molecule has 1 aromatic rings. The molecule has 0 aromatic heterocycles. The molecule has 122 valence electrons. The van der Waals surface area contributed by atoms with Gasteiger partial charge < -0.3 is 10.1 Å². The fourth-order valence-electron chi connectivity index (χ4n) is 3.30. The number of nitrogens with zero attached hydrogens (tertiary/aromatic N) is 2. The van der Waals surface area contributed by atoms with Crippen molar-refractivity contribution in [3.63, 3.8) is 0 Å². The van der Waals surface area contributed by atoms with Crippen LogP contribution in [0.2, 0.25) is 0 Å². The summed E-state index contributed by atoms with van der Waals surface area (Å²) in [6.07, 6.45) is 2.22. The first-order valence-corrected chi connectivity index (χ1v) is 8.20. The molecule has 1 aliphatic heterocycles. The number of nitriles is 1. The maximum atomic E-state index is 12.4. The van der Waals surface area contributed by atoms with Gasteiger partial charge in [0.2, 0.25) is 5.91 Å². The average Bonchev–Trinajstić information content (AvgIpc) is 3.27. The lowest BCUT2D eigenvalue weighted by atomic mass is 9.96. The van der Waals surface area contributed by atoms with Crippen LogP contribution in [0.4, 0.5) is 0 Å². The average molecular weight is 313 g/mol. The number of likely N-dealkylation sites (tertiary alicyclic amines) is 1. The molecule has 3 rings (SSSR count). The van der Waals surface area contributed by atoms with Gasteiger partial charge in [0.15, 0.2) is 0 Å². The number of nitrogens with one attached hydrogen (secondary N) is 1. The van der Waals surface area contributed by atoms with Crippen molar-refractivity contribution in [3.8, 4) is 6.07 Å². The zero-order chi connectivity index (χ0) is 16.2. The molecule has 5 heteroatoms. The number of hydrogen-bond acceptors (Lipinski definition) is 4. The Morgan fingerprint density at radius 1 is 1.43 bits per heavy atom. The van der Waals surface area contributed by atoms with Crippen LogP contribution in [0.1, 0.15) is 24.0 Å². The molecule has 0 radical (unpaired) electrons. The largest absolute Gasteiger partial charge is 0.384 e. The lowest BCUT2D eigenvalue weighted by Crippen LogP contribution is -2.37. The van der Waals surface area contributed by atoms with Gasteiger partial charge in [-0.1, -0.05) is 12.1 Å². The third-order valence-corrected chi connectivity index (χ3v) is 4.62. The summed E-state index contributed by atoms with van der Waals surface area (Å²) in [4.78, 5) is 14.7. The summed E-state index contributed by atoms with van der Waals surface area (Å²) in [7, 11) is 1.69. The molecule has 0 bridgehead atoms. The van der Waals surface area contributed by atoms with Crippen LogP contribution in [0.15, 0.2) is 24.3 Å². The van der Waals surface area contributed by atoms with E-state index in [2.05, 4.69) is 16.3 Å². The van der Waals surface area contributed by atoms with Gasteiger partial charge in [-0.3, -0.25) is 9.69 Å². The monoisotopic (exact) mass is 313 g/mol. The molecule has 2 fully saturated rings. The van der Waals surface area contributed by atoms with Gasteiger partial charge in [-0.15, -0.1) is 0 Å². The van der Waals surface area contributed by atoms with Crippen LogP contribution in [0.3, 0.4) is 0 Å². The van der Waals surface area contributed by atoms with Crippen molar-refractivity contribution in [3.05, 3.63) is 35.4 Å². The summed E-state index contributed by atoms with van der Waals surface area (Å²) < 4.78 is 5.31. The van der Waals surface area contributed by atoms with E-state index in [9.17, 15) is 4.79 Å². The minimum atomic E-state index is -0.00491. The Morgan fingerprint density at radius 2 is 2.26 bits per heavy atom. The summed E-state index contributed by atoms with van der Waals surface area (Å²) in [5.41, 5.74) is 1.79. The predicted octanol–water partition coefficient (Wildman–Crippen LogP) is 1.53. The van der Waals surface area contributed by atoms with Crippen LogP contribution >= 0.6 is 0 Å². The summed E-state index contributed by atoms with van der Waals surface area (Å²) in [5, 5.41) is 12.1. The van der Waals surface area contributed by atoms with Gasteiger partial charge in [0.25, 0.3) is 0 Å². The van der Waals surface area contributed by atoms with Crippen molar-refractivity contribution >= 4 is 5.91 Å². The number of hydrogen-bond donors (Lipinski definition) is 1. The second kappa shape index (κ2) is 7.12. The second-order valence-corrected chi connectivity index (χ2v) is 6.61. The molecule has 5 nitrogen and oxygen atoms in total. The first kappa shape index (κ1) is 16.0. The van der Waals surface area contributed by atoms with E-state index in [1.807, 2.05) is 24.3 Å². The van der Waals surface area contributed by atoms with Crippen molar-refractivity contribution in [2.24, 2.45) is 11.8 Å². The molecule has 0 unspecified atom stereocenters. The molecule has 1 aliphatic carbocycles. The molecule has 0 spiro atoms. The summed E-state index contributed by atoms with van der Waals surface area (Å²) in [6, 6.07) is 10.2. The number of amides is 1. The lowest BCUT2D eigenvalue weighted by molar-refractivity contribution is -0.126. The van der Waals surface area contributed by atoms with E-state index in [1.54, 1.807) is 7.11 Å². The summed E-state index contributed by atoms with van der Waals surface area (Å²) >= 11 is 0. The first-order valence-electron chi connectivity index (χ1n) is 8.20. The van der Waals surface area contributed by atoms with Gasteiger partial charge in [0.05, 0.1) is 24.2 Å². The molecule has 1 heterocycles. The molecule has 2 aliphatic rings. The number of benzene rings is 1. The van der Waals surface area contributed by atoms with Gasteiger partial charge >= 0.3 is 0 Å². The maximum Gasteiger partial charge on any atom is 0.225 e. The highest BCUT2D eigenvalue weighted by atomic mass is 16.5. The SMILES string of the molecule is COC[C@@H]1CN(Cc2cccc(C#N)c2)C[C@H]1C(=O)NC1CC1. The summed E-state index contributed by atoms with van der Waals surface area (Å²) in [6.45, 7) is 2.98. The van der Waals surface area contributed by atoms with Crippen LogP contribution < -0.4 is 5.32 Å². The van der Waals surface area contributed by atoms with Gasteiger partial charge in [-0.25, -0.2) is 0 Å². The quantitative estimate of drug-likeness (QED) is 0.865. The molecular weight excluding hydrogens is 290 g/mol. The molecule has 1 aromatic carbocycles. The first-order chi connectivity index (χ1) is 11.2. The zero-order valence-electron chi connectivity index (χ0n) is 13.5. The van der Waals surface area contributed by atoms with Crippen molar-refractivity contribution in [1.82, 2.24) is 10.2 Å². The van der Waals surface area contributed by atoms with Gasteiger partial charge in [0.1, 0.15) is 0 Å². The lowest BCUT2D eigenvalue weighted by Gasteiger charge is -2.16. The van der Waals surface area contributed by atoms with E-state index < -0.39 is 0 Å². The van der Waals surface area contributed by atoms with E-state index >= 15 is 0 Å². The molecule has 1 saturated heterocycles. The fourth-order valence-corrected chi connectivity index (χ4v) is 3.30. The highest BCUT2D eigenvalue weighted by molar-refractivity contribution is 5.80. The Kier molecular flexibility index (Phi) is 4.94. The molecule has 23 heavy (non-hydrogen) atoms. The van der Waals surface area contributed by atoms with Crippen LogP contribution in [0.5, 0.6) is 0 Å². The Hall–Kier alpha value is -1.90. The third-order valence-electron chi connectivity index (χ3n) is 4.62. The van der Waals surface area contributed by atoms with E-state index in [4.69, 9.17) is 10.00 Å². The second-order valence-electron chi connectivity index (χ2n) is 6.61. The van der Waals surface area contributed by atoms with Gasteiger partial charge in [0, 0.05) is 38.7 Å². The molecule has 1 N–H and O–H groups in total. The molecule has 2 atom stereocenters. The van der Waals surface area contributed by atoms with Gasteiger partial charge in [-0.05, 0) is 30.5 Å². The molecular formula is C18H23N3O2. The van der Waals surface area contributed by atoms with Gasteiger partial charge in [-0.2, -0.15) is 5.26 Å². The van der Waals surface area contributed by atoms with Crippen LogP contribution in [0, 0.1) is 23.2 Å². The predicted molar refractivity (Wildman–Crippen MR) is 86.5 cm³/mol. The number of methoxy groups -OCH3 is 1. The highest BCUT2D eigenvalue weighted by Gasteiger charge is 2.39. The number of ether oxygens (including phenoxy) is 1. The van der Waals surface area contributed by atoms with Crippen molar-refractivity contribution in [2.45, 2.75) is 25.4 Å². The number of carbonyl (C=O) groups excluding carboxylic acids is 1. The standard InChI is InChI=1S/C18H23N3O2/c1-23-12-15-10-21(9-14-4-2-3-13(7-14)8-19)11-17(15)18(22)20-16-5-6-16/h2-4,7,15-17H,5-6,9-12H2,1H3,(H,20,22)/t15-,17+/m0/s1. The van der Waals surface area contributed by atoms with E-state index in [1.165, 1.54) is 0 Å². The normalized spacial score (nSPS) is 24.3. The minimum absolute atomic E-state index is 0.00491. The molecule has 1 amide bonds.